The molecule has 3 rings (SSSR count). The van der Waals surface area contributed by atoms with Gasteiger partial charge in [0.15, 0.2) is 11.0 Å². The van der Waals surface area contributed by atoms with E-state index in [1.165, 1.54) is 11.8 Å². The molecular weight excluding hydrogens is 386 g/mol. The predicted octanol–water partition coefficient (Wildman–Crippen LogP) is 3.26. The quantitative estimate of drug-likeness (QED) is 0.638. The van der Waals surface area contributed by atoms with Gasteiger partial charge in [0.2, 0.25) is 5.91 Å². The summed E-state index contributed by atoms with van der Waals surface area (Å²) in [5.41, 5.74) is 6.69. The molecule has 2 aromatic carbocycles. The van der Waals surface area contributed by atoms with Gasteiger partial charge < -0.3 is 5.73 Å². The number of hydrogen-bond acceptors (Lipinski definition) is 5. The van der Waals surface area contributed by atoms with Gasteiger partial charge in [-0.15, -0.1) is 10.2 Å². The van der Waals surface area contributed by atoms with Gasteiger partial charge in [0.05, 0.1) is 5.25 Å². The smallest absolute Gasteiger partial charge is 0.318 e. The highest BCUT2D eigenvalue weighted by molar-refractivity contribution is 8.00. The number of aromatic nitrogens is 3. The number of thioether (sulfide) groups is 1. The van der Waals surface area contributed by atoms with Crippen molar-refractivity contribution in [2.45, 2.75) is 17.3 Å². The van der Waals surface area contributed by atoms with E-state index in [0.717, 1.165) is 11.3 Å². The van der Waals surface area contributed by atoms with Gasteiger partial charge in [-0.3, -0.25) is 14.7 Å². The number of carbonyl (C=O) groups excluding carboxylic acids is 2. The van der Waals surface area contributed by atoms with E-state index >= 15 is 0 Å². The number of nitrogens with zero attached hydrogens (tertiary/aromatic N) is 3. The molecule has 0 unspecified atom stereocenters. The summed E-state index contributed by atoms with van der Waals surface area (Å²) >= 11 is 7.15. The summed E-state index contributed by atoms with van der Waals surface area (Å²) in [5, 5.41) is 11.1. The van der Waals surface area contributed by atoms with E-state index in [1.54, 1.807) is 19.1 Å². The fourth-order valence-electron chi connectivity index (χ4n) is 2.38. The minimum atomic E-state index is -0.890. The van der Waals surface area contributed by atoms with E-state index in [-0.39, 0.29) is 0 Å². The Labute approximate surface area is 164 Å². The van der Waals surface area contributed by atoms with Crippen molar-refractivity contribution in [3.05, 3.63) is 59.6 Å². The standard InChI is InChI=1S/C18H16ClN5O2S/c1-11(16(25)21-17(20)26)27-18-23-22-15(12-7-9-13(19)10-8-12)24(18)14-5-3-2-4-6-14/h2-11H,1H3,(H3,20,21,25,26)/t11-/m1/s1. The molecule has 0 saturated heterocycles. The van der Waals surface area contributed by atoms with Crippen molar-refractivity contribution in [2.75, 3.05) is 0 Å². The van der Waals surface area contributed by atoms with E-state index < -0.39 is 17.2 Å². The van der Waals surface area contributed by atoms with Crippen molar-refractivity contribution in [1.82, 2.24) is 20.1 Å². The van der Waals surface area contributed by atoms with Crippen molar-refractivity contribution in [2.24, 2.45) is 5.73 Å². The van der Waals surface area contributed by atoms with Gasteiger partial charge in [-0.25, -0.2) is 4.79 Å². The van der Waals surface area contributed by atoms with Gasteiger partial charge in [-0.05, 0) is 43.3 Å². The van der Waals surface area contributed by atoms with E-state index in [1.807, 2.05) is 47.0 Å². The lowest BCUT2D eigenvalue weighted by Crippen LogP contribution is -2.39. The molecule has 0 aliphatic heterocycles. The second-order valence-corrected chi connectivity index (χ2v) is 7.34. The summed E-state index contributed by atoms with van der Waals surface area (Å²) in [6, 6.07) is 15.9. The summed E-state index contributed by atoms with van der Waals surface area (Å²) in [4.78, 5) is 22.9. The second kappa shape index (κ2) is 8.24. The first-order chi connectivity index (χ1) is 13.0. The highest BCUT2D eigenvalue weighted by atomic mass is 35.5. The van der Waals surface area contributed by atoms with Crippen molar-refractivity contribution in [3.8, 4) is 17.1 Å². The Hall–Kier alpha value is -2.84. The van der Waals surface area contributed by atoms with E-state index in [0.29, 0.717) is 16.0 Å². The molecule has 3 N–H and O–H groups in total. The molecule has 3 amide bonds. The van der Waals surface area contributed by atoms with Gasteiger partial charge in [-0.2, -0.15) is 0 Å². The molecule has 0 saturated carbocycles. The number of benzene rings is 2. The summed E-state index contributed by atoms with van der Waals surface area (Å²) in [6.07, 6.45) is 0. The maximum Gasteiger partial charge on any atom is 0.318 e. The van der Waals surface area contributed by atoms with Crippen LogP contribution in [0.4, 0.5) is 4.79 Å². The number of hydrogen-bond donors (Lipinski definition) is 2. The number of urea groups is 1. The van der Waals surface area contributed by atoms with E-state index in [9.17, 15) is 9.59 Å². The van der Waals surface area contributed by atoms with Crippen molar-refractivity contribution < 1.29 is 9.59 Å². The average molecular weight is 402 g/mol. The number of carbonyl (C=O) groups is 2. The highest BCUT2D eigenvalue weighted by Crippen LogP contribution is 2.30. The van der Waals surface area contributed by atoms with Gasteiger partial charge in [-0.1, -0.05) is 41.6 Å². The Balaban J connectivity index is 2.01. The van der Waals surface area contributed by atoms with Crippen LogP contribution in [-0.2, 0) is 4.79 Å². The molecule has 0 fully saturated rings. The van der Waals surface area contributed by atoms with Gasteiger partial charge in [0.1, 0.15) is 0 Å². The zero-order chi connectivity index (χ0) is 19.4. The summed E-state index contributed by atoms with van der Waals surface area (Å²) in [7, 11) is 0. The highest BCUT2D eigenvalue weighted by Gasteiger charge is 2.22. The average Bonchev–Trinajstić information content (AvgIpc) is 3.06. The van der Waals surface area contributed by atoms with Crippen molar-refractivity contribution >= 4 is 35.3 Å². The zero-order valence-corrected chi connectivity index (χ0v) is 15.9. The zero-order valence-electron chi connectivity index (χ0n) is 14.3. The normalized spacial score (nSPS) is 11.8. The molecule has 27 heavy (non-hydrogen) atoms. The topological polar surface area (TPSA) is 103 Å². The molecule has 9 heteroatoms. The molecule has 0 radical (unpaired) electrons. The maximum atomic E-state index is 12.0. The van der Waals surface area contributed by atoms with Crippen LogP contribution in [0.1, 0.15) is 6.92 Å². The number of halogens is 1. The summed E-state index contributed by atoms with van der Waals surface area (Å²) in [6.45, 7) is 1.66. The van der Waals surface area contributed by atoms with Crippen LogP contribution in [0, 0.1) is 0 Å². The Morgan fingerprint density at radius 3 is 2.41 bits per heavy atom. The first-order valence-corrected chi connectivity index (χ1v) is 9.25. The van der Waals surface area contributed by atoms with E-state index in [4.69, 9.17) is 17.3 Å². The molecule has 7 nitrogen and oxygen atoms in total. The van der Waals surface area contributed by atoms with Crippen LogP contribution in [0.5, 0.6) is 0 Å². The van der Waals surface area contributed by atoms with Crippen LogP contribution in [0.2, 0.25) is 5.02 Å². The number of primary amides is 1. The third-order valence-electron chi connectivity index (χ3n) is 3.65. The molecule has 1 heterocycles. The van der Waals surface area contributed by atoms with E-state index in [2.05, 4.69) is 15.5 Å². The van der Waals surface area contributed by atoms with Crippen LogP contribution in [0.3, 0.4) is 0 Å². The van der Waals surface area contributed by atoms with Crippen LogP contribution in [0.15, 0.2) is 59.8 Å². The maximum absolute atomic E-state index is 12.0. The molecule has 1 atom stereocenters. The third kappa shape index (κ3) is 4.47. The number of rotatable bonds is 5. The fourth-order valence-corrected chi connectivity index (χ4v) is 3.37. The first-order valence-electron chi connectivity index (χ1n) is 7.99. The number of imide groups is 1. The van der Waals surface area contributed by atoms with Crippen LogP contribution in [0.25, 0.3) is 17.1 Å². The van der Waals surface area contributed by atoms with Crippen LogP contribution >= 0.6 is 23.4 Å². The van der Waals surface area contributed by atoms with Crippen molar-refractivity contribution in [3.63, 3.8) is 0 Å². The Morgan fingerprint density at radius 1 is 1.11 bits per heavy atom. The lowest BCUT2D eigenvalue weighted by Gasteiger charge is -2.13. The first kappa shape index (κ1) is 18.9. The molecule has 0 aliphatic carbocycles. The Kier molecular flexibility index (Phi) is 5.78. The third-order valence-corrected chi connectivity index (χ3v) is 4.94. The molecular formula is C18H16ClN5O2S. The number of amides is 3. The number of nitrogens with one attached hydrogen (secondary N) is 1. The van der Waals surface area contributed by atoms with Crippen molar-refractivity contribution in [1.29, 1.82) is 0 Å². The lowest BCUT2D eigenvalue weighted by molar-refractivity contribution is -0.119. The summed E-state index contributed by atoms with van der Waals surface area (Å²) < 4.78 is 1.85. The Morgan fingerprint density at radius 2 is 1.78 bits per heavy atom. The minimum Gasteiger partial charge on any atom is -0.351 e. The summed E-state index contributed by atoms with van der Waals surface area (Å²) in [5.74, 6) is 0.117. The molecule has 0 spiro atoms. The van der Waals surface area contributed by atoms with Gasteiger partial charge >= 0.3 is 6.03 Å². The van der Waals surface area contributed by atoms with Gasteiger partial charge in [0.25, 0.3) is 0 Å². The monoisotopic (exact) mass is 401 g/mol. The van der Waals surface area contributed by atoms with Crippen LogP contribution < -0.4 is 11.1 Å². The molecule has 1 aromatic heterocycles. The molecule has 138 valence electrons. The molecule has 3 aromatic rings. The second-order valence-electron chi connectivity index (χ2n) is 5.60. The number of nitrogens with two attached hydrogens (primary N) is 1. The molecule has 0 aliphatic rings. The van der Waals surface area contributed by atoms with Crippen LogP contribution in [-0.4, -0.2) is 32.0 Å². The van der Waals surface area contributed by atoms with Gasteiger partial charge in [0, 0.05) is 16.3 Å². The SMILES string of the molecule is C[C@@H](Sc1nnc(-c2ccc(Cl)cc2)n1-c1ccccc1)C(=O)NC(N)=O. The Bertz CT molecular complexity index is 960. The largest absolute Gasteiger partial charge is 0.351 e. The minimum absolute atomic E-state index is 0.497. The predicted molar refractivity (Wildman–Crippen MR) is 105 cm³/mol. The molecule has 0 bridgehead atoms. The fraction of sp³-hybridized carbons (Fsp3) is 0.111. The lowest BCUT2D eigenvalue weighted by atomic mass is 10.2. The number of para-hydroxylation sites is 1.